The number of benzene rings is 3. The van der Waals surface area contributed by atoms with Gasteiger partial charge in [-0.15, -0.1) is 0 Å². The second-order valence-electron chi connectivity index (χ2n) is 8.28. The molecule has 0 fully saturated rings. The summed E-state index contributed by atoms with van der Waals surface area (Å²) in [6.07, 6.45) is 6.32. The highest BCUT2D eigenvalue weighted by Crippen LogP contribution is 2.24. The van der Waals surface area contributed by atoms with E-state index in [4.69, 9.17) is 28.9 Å². The van der Waals surface area contributed by atoms with E-state index in [1.807, 2.05) is 55.5 Å². The highest BCUT2D eigenvalue weighted by molar-refractivity contribution is 6.40. The smallest absolute Gasteiger partial charge is 0.173 e. The van der Waals surface area contributed by atoms with Crippen LogP contribution in [-0.2, 0) is 0 Å². The highest BCUT2D eigenvalue weighted by Gasteiger charge is 2.06. The summed E-state index contributed by atoms with van der Waals surface area (Å²) in [5, 5.41) is 7.08. The molecule has 194 valence electrons. The maximum absolute atomic E-state index is 5.43. The van der Waals surface area contributed by atoms with Crippen LogP contribution in [0.3, 0.4) is 0 Å². The van der Waals surface area contributed by atoms with E-state index in [1.165, 1.54) is 29.1 Å². The van der Waals surface area contributed by atoms with Gasteiger partial charge in [-0.3, -0.25) is 0 Å². The van der Waals surface area contributed by atoms with Gasteiger partial charge in [0.2, 0.25) is 0 Å². The van der Waals surface area contributed by atoms with E-state index in [0.717, 1.165) is 17.1 Å². The number of anilines is 5. The van der Waals surface area contributed by atoms with Crippen LogP contribution in [0, 0.1) is 20.8 Å². The summed E-state index contributed by atoms with van der Waals surface area (Å²) in [4.78, 5) is 16.0. The summed E-state index contributed by atoms with van der Waals surface area (Å²) in [7, 11) is 0. The van der Waals surface area contributed by atoms with Crippen molar-refractivity contribution >= 4 is 51.9 Å². The molecule has 5 aromatic rings. The van der Waals surface area contributed by atoms with Crippen LogP contribution in [0.25, 0.3) is 0 Å². The minimum atomic E-state index is 0.245. The van der Waals surface area contributed by atoms with Gasteiger partial charge >= 0.3 is 0 Å². The lowest BCUT2D eigenvalue weighted by molar-refractivity contribution is 1.19. The molecule has 0 atom stereocenters. The van der Waals surface area contributed by atoms with E-state index in [2.05, 4.69) is 68.7 Å². The van der Waals surface area contributed by atoms with Gasteiger partial charge in [-0.25, -0.2) is 19.9 Å². The monoisotopic (exact) mass is 545 g/mol. The molecule has 3 aromatic carbocycles. The Morgan fingerprint density at radius 2 is 0.816 bits per heavy atom. The van der Waals surface area contributed by atoms with Crippen LogP contribution in [0.4, 0.5) is 28.7 Å². The van der Waals surface area contributed by atoms with Crippen molar-refractivity contribution in [3.63, 3.8) is 0 Å². The predicted molar refractivity (Wildman–Crippen MR) is 159 cm³/mol. The molecule has 0 amide bonds. The van der Waals surface area contributed by atoms with Gasteiger partial charge < -0.3 is 16.4 Å². The minimum absolute atomic E-state index is 0.245. The van der Waals surface area contributed by atoms with Gasteiger partial charge in [0.25, 0.3) is 0 Å². The Hall–Kier alpha value is -4.20. The summed E-state index contributed by atoms with van der Waals surface area (Å²) in [6, 6.07) is 24.1. The standard InChI is InChI=1S/C18H18N4.C7H9N.C4H2Cl2N2/c1-13-3-7-15(8-4-13)21-17-18(20-12-11-19-17)22-16-9-5-14(2)6-10-16;1-6-2-4-7(8)5-3-6;5-3-4(6)8-2-1-7-3/h3-12H,1-2H3,(H,19,21)(H,20,22);2-5H,8H2,1H3;1-2H. The van der Waals surface area contributed by atoms with Crippen LogP contribution in [0.1, 0.15) is 16.7 Å². The Morgan fingerprint density at radius 3 is 1.13 bits per heavy atom. The molecule has 0 saturated carbocycles. The van der Waals surface area contributed by atoms with Crippen LogP contribution < -0.4 is 16.4 Å². The van der Waals surface area contributed by atoms with Crippen molar-refractivity contribution in [3.8, 4) is 0 Å². The molecule has 0 aliphatic heterocycles. The fourth-order valence-corrected chi connectivity index (χ4v) is 3.15. The second-order valence-corrected chi connectivity index (χ2v) is 9.00. The molecule has 0 bridgehead atoms. The fraction of sp³-hybridized carbons (Fsp3) is 0.103. The third-order valence-electron chi connectivity index (χ3n) is 5.02. The van der Waals surface area contributed by atoms with E-state index >= 15 is 0 Å². The van der Waals surface area contributed by atoms with Gasteiger partial charge in [0, 0.05) is 41.8 Å². The molecule has 38 heavy (non-hydrogen) atoms. The summed E-state index contributed by atoms with van der Waals surface area (Å²) in [5.74, 6) is 1.40. The molecule has 0 aliphatic rings. The molecule has 9 heteroatoms. The van der Waals surface area contributed by atoms with Gasteiger partial charge in [-0.2, -0.15) is 0 Å². The Labute approximate surface area is 233 Å². The molecule has 7 nitrogen and oxygen atoms in total. The third-order valence-corrected chi connectivity index (χ3v) is 5.67. The van der Waals surface area contributed by atoms with Gasteiger partial charge in [0.05, 0.1) is 0 Å². The number of hydrogen-bond acceptors (Lipinski definition) is 7. The molecule has 5 rings (SSSR count). The molecule has 4 N–H and O–H groups in total. The number of nitrogens with two attached hydrogens (primary N) is 1. The highest BCUT2D eigenvalue weighted by atomic mass is 35.5. The molecule has 0 aliphatic carbocycles. The number of nitrogens with one attached hydrogen (secondary N) is 2. The number of halogens is 2. The summed E-state index contributed by atoms with van der Waals surface area (Å²) < 4.78 is 0. The Morgan fingerprint density at radius 1 is 0.500 bits per heavy atom. The molecule has 0 unspecified atom stereocenters. The van der Waals surface area contributed by atoms with Crippen LogP contribution >= 0.6 is 23.2 Å². The molecule has 2 aromatic heterocycles. The first-order valence-electron chi connectivity index (χ1n) is 11.7. The van der Waals surface area contributed by atoms with Crippen molar-refractivity contribution < 1.29 is 0 Å². The van der Waals surface area contributed by atoms with E-state index in [0.29, 0.717) is 11.6 Å². The molecule has 0 saturated heterocycles. The number of aromatic nitrogens is 4. The number of nitrogens with zero attached hydrogens (tertiary/aromatic N) is 4. The van der Waals surface area contributed by atoms with E-state index in [9.17, 15) is 0 Å². The Kier molecular flexibility index (Phi) is 10.8. The zero-order valence-corrected chi connectivity index (χ0v) is 22.9. The molecule has 0 spiro atoms. The fourth-order valence-electron chi connectivity index (χ4n) is 2.94. The first-order chi connectivity index (χ1) is 18.3. The van der Waals surface area contributed by atoms with E-state index in [1.54, 1.807) is 12.4 Å². The summed E-state index contributed by atoms with van der Waals surface area (Å²) in [6.45, 7) is 6.17. The van der Waals surface area contributed by atoms with Gasteiger partial charge in [-0.05, 0) is 57.2 Å². The molecule has 0 radical (unpaired) electrons. The number of rotatable bonds is 4. The zero-order chi connectivity index (χ0) is 27.3. The molecular weight excluding hydrogens is 517 g/mol. The largest absolute Gasteiger partial charge is 0.399 e. The predicted octanol–water partition coefficient (Wildman–Crippen LogP) is 7.94. The topological polar surface area (TPSA) is 102 Å². The van der Waals surface area contributed by atoms with Crippen molar-refractivity contribution in [1.29, 1.82) is 0 Å². The minimum Gasteiger partial charge on any atom is -0.399 e. The van der Waals surface area contributed by atoms with Crippen molar-refractivity contribution in [1.82, 2.24) is 19.9 Å². The average Bonchev–Trinajstić information content (AvgIpc) is 2.92. The SMILES string of the molecule is Cc1ccc(N)cc1.Cc1ccc(Nc2nccnc2Nc2ccc(C)cc2)cc1.Clc1nccnc1Cl. The molecule has 2 heterocycles. The van der Waals surface area contributed by atoms with E-state index < -0.39 is 0 Å². The lowest BCUT2D eigenvalue weighted by Gasteiger charge is -2.12. The lowest BCUT2D eigenvalue weighted by atomic mass is 10.2. The average molecular weight is 547 g/mol. The summed E-state index contributed by atoms with van der Waals surface area (Å²) >= 11 is 10.8. The summed E-state index contributed by atoms with van der Waals surface area (Å²) in [5.41, 5.74) is 11.9. The van der Waals surface area contributed by atoms with Crippen molar-refractivity contribution in [2.75, 3.05) is 16.4 Å². The Balaban J connectivity index is 0.000000203. The Bertz CT molecular complexity index is 1300. The zero-order valence-electron chi connectivity index (χ0n) is 21.4. The number of nitrogen functional groups attached to an aromatic ring is 1. The first kappa shape index (κ1) is 28.4. The lowest BCUT2D eigenvalue weighted by Crippen LogP contribution is -2.01. The number of hydrogen-bond donors (Lipinski definition) is 3. The van der Waals surface area contributed by atoms with Gasteiger partial charge in [0.15, 0.2) is 21.9 Å². The first-order valence-corrected chi connectivity index (χ1v) is 12.5. The maximum Gasteiger partial charge on any atom is 0.173 e. The van der Waals surface area contributed by atoms with Gasteiger partial charge in [-0.1, -0.05) is 76.3 Å². The van der Waals surface area contributed by atoms with Crippen molar-refractivity contribution in [2.45, 2.75) is 20.8 Å². The van der Waals surface area contributed by atoms with Crippen LogP contribution in [-0.4, -0.2) is 19.9 Å². The van der Waals surface area contributed by atoms with Crippen LogP contribution in [0.15, 0.2) is 97.6 Å². The van der Waals surface area contributed by atoms with Crippen LogP contribution in [0.2, 0.25) is 10.3 Å². The van der Waals surface area contributed by atoms with Crippen molar-refractivity contribution in [2.24, 2.45) is 0 Å². The maximum atomic E-state index is 5.43. The second kappa shape index (κ2) is 14.5. The van der Waals surface area contributed by atoms with Gasteiger partial charge in [0.1, 0.15) is 0 Å². The quantitative estimate of drug-likeness (QED) is 0.197. The molecular formula is C29H29Cl2N7. The number of aryl methyl sites for hydroxylation is 3. The normalized spacial score (nSPS) is 9.82. The van der Waals surface area contributed by atoms with Crippen molar-refractivity contribution in [3.05, 3.63) is 125 Å². The van der Waals surface area contributed by atoms with E-state index in [-0.39, 0.29) is 10.3 Å². The third kappa shape index (κ3) is 9.69. The van der Waals surface area contributed by atoms with Crippen LogP contribution in [0.5, 0.6) is 0 Å².